The number of anilines is 1. The molecule has 1 aromatic carbocycles. The predicted molar refractivity (Wildman–Crippen MR) is 130 cm³/mol. The van der Waals surface area contributed by atoms with Gasteiger partial charge in [-0.2, -0.15) is 0 Å². The molecule has 0 saturated carbocycles. The zero-order valence-corrected chi connectivity index (χ0v) is 20.0. The van der Waals surface area contributed by atoms with Crippen LogP contribution in [-0.4, -0.2) is 66.9 Å². The van der Waals surface area contributed by atoms with Gasteiger partial charge in [0.2, 0.25) is 5.91 Å². The Kier molecular flexibility index (Phi) is 7.44. The van der Waals surface area contributed by atoms with E-state index in [0.29, 0.717) is 42.5 Å². The second kappa shape index (κ2) is 10.7. The first-order valence-electron chi connectivity index (χ1n) is 11.2. The number of nitrogens with zero attached hydrogens (tertiary/aromatic N) is 2. The number of furan rings is 1. The minimum absolute atomic E-state index is 0.143. The molecule has 9 heteroatoms. The van der Waals surface area contributed by atoms with Gasteiger partial charge in [-0.15, -0.1) is 11.3 Å². The van der Waals surface area contributed by atoms with E-state index < -0.39 is 5.97 Å². The van der Waals surface area contributed by atoms with E-state index in [9.17, 15) is 14.4 Å². The van der Waals surface area contributed by atoms with Gasteiger partial charge in [0.15, 0.2) is 5.76 Å². The predicted octanol–water partition coefficient (Wildman–Crippen LogP) is 3.89. The average Bonchev–Trinajstić information content (AvgIpc) is 3.48. The smallest absolute Gasteiger partial charge is 0.341 e. The Morgan fingerprint density at radius 3 is 2.44 bits per heavy atom. The third kappa shape index (κ3) is 5.21. The van der Waals surface area contributed by atoms with E-state index in [1.165, 1.54) is 17.6 Å². The van der Waals surface area contributed by atoms with Gasteiger partial charge in [0.1, 0.15) is 5.00 Å². The lowest BCUT2D eigenvalue weighted by atomic mass is 10.1. The van der Waals surface area contributed by atoms with Crippen molar-refractivity contribution < 1.29 is 23.5 Å². The fraction of sp³-hybridized carbons (Fsp3) is 0.320. The van der Waals surface area contributed by atoms with E-state index in [4.69, 9.17) is 9.15 Å². The van der Waals surface area contributed by atoms with Crippen LogP contribution in [0.3, 0.4) is 0 Å². The van der Waals surface area contributed by atoms with Crippen molar-refractivity contribution in [1.82, 2.24) is 9.80 Å². The zero-order valence-electron chi connectivity index (χ0n) is 19.2. The molecule has 0 radical (unpaired) electrons. The van der Waals surface area contributed by atoms with Crippen LogP contribution < -0.4 is 5.32 Å². The molecular weight excluding hydrogens is 454 g/mol. The molecule has 2 aromatic heterocycles. The molecule has 3 heterocycles. The van der Waals surface area contributed by atoms with Crippen LogP contribution in [-0.2, 0) is 9.53 Å². The van der Waals surface area contributed by atoms with Crippen molar-refractivity contribution in [1.29, 1.82) is 0 Å². The highest BCUT2D eigenvalue weighted by Gasteiger charge is 2.27. The van der Waals surface area contributed by atoms with Crippen LogP contribution in [0, 0.1) is 6.92 Å². The minimum atomic E-state index is -0.446. The number of hydrogen-bond donors (Lipinski definition) is 1. The summed E-state index contributed by atoms with van der Waals surface area (Å²) in [6, 6.07) is 13.1. The van der Waals surface area contributed by atoms with E-state index in [2.05, 4.69) is 5.32 Å². The number of benzene rings is 1. The number of piperazine rings is 1. The number of carbonyl (C=O) groups is 3. The first-order valence-corrected chi connectivity index (χ1v) is 12.0. The Balaban J connectivity index is 1.42. The molecule has 4 rings (SSSR count). The maximum absolute atomic E-state index is 12.9. The quantitative estimate of drug-likeness (QED) is 0.515. The van der Waals surface area contributed by atoms with E-state index in [-0.39, 0.29) is 25.0 Å². The molecule has 0 aliphatic carbocycles. The highest BCUT2D eigenvalue weighted by molar-refractivity contribution is 7.20. The third-order valence-corrected chi connectivity index (χ3v) is 6.93. The van der Waals surface area contributed by atoms with E-state index in [0.717, 1.165) is 16.0 Å². The molecule has 1 fully saturated rings. The zero-order chi connectivity index (χ0) is 24.1. The Morgan fingerprint density at radius 1 is 1.06 bits per heavy atom. The average molecular weight is 482 g/mol. The molecule has 1 saturated heterocycles. The van der Waals surface area contributed by atoms with Crippen molar-refractivity contribution in [2.45, 2.75) is 13.8 Å². The van der Waals surface area contributed by atoms with Gasteiger partial charge in [0, 0.05) is 31.1 Å². The lowest BCUT2D eigenvalue weighted by Crippen LogP contribution is -2.50. The third-order valence-electron chi connectivity index (χ3n) is 5.67. The van der Waals surface area contributed by atoms with Gasteiger partial charge in [-0.05, 0) is 37.1 Å². The maximum Gasteiger partial charge on any atom is 0.341 e. The molecule has 1 aliphatic rings. The fourth-order valence-electron chi connectivity index (χ4n) is 3.95. The number of amides is 2. The van der Waals surface area contributed by atoms with Gasteiger partial charge >= 0.3 is 5.97 Å². The van der Waals surface area contributed by atoms with Gasteiger partial charge in [-0.1, -0.05) is 30.3 Å². The number of carbonyl (C=O) groups excluding carboxylic acids is 3. The summed E-state index contributed by atoms with van der Waals surface area (Å²) in [5, 5.41) is 3.42. The van der Waals surface area contributed by atoms with Crippen molar-refractivity contribution in [3.63, 3.8) is 0 Å². The summed E-state index contributed by atoms with van der Waals surface area (Å²) in [5.41, 5.74) is 2.16. The topological polar surface area (TPSA) is 92.1 Å². The molecular formula is C25H27N3O5S. The summed E-state index contributed by atoms with van der Waals surface area (Å²) < 4.78 is 10.4. The first-order chi connectivity index (χ1) is 16.5. The Labute approximate surface area is 202 Å². The van der Waals surface area contributed by atoms with Gasteiger partial charge < -0.3 is 19.4 Å². The normalized spacial score (nSPS) is 14.1. The summed E-state index contributed by atoms with van der Waals surface area (Å²) in [7, 11) is 0. The molecule has 178 valence electrons. The fourth-order valence-corrected chi connectivity index (χ4v) is 5.17. The summed E-state index contributed by atoms with van der Waals surface area (Å²) >= 11 is 1.37. The van der Waals surface area contributed by atoms with Crippen molar-refractivity contribution >= 4 is 34.1 Å². The molecule has 1 N–H and O–H groups in total. The number of hydrogen-bond acceptors (Lipinski definition) is 7. The van der Waals surface area contributed by atoms with Crippen LogP contribution in [0.1, 0.15) is 33.4 Å². The highest BCUT2D eigenvalue weighted by atomic mass is 32.1. The number of nitrogens with one attached hydrogen (secondary N) is 1. The van der Waals surface area contributed by atoms with Crippen molar-refractivity contribution in [3.05, 3.63) is 65.6 Å². The summed E-state index contributed by atoms with van der Waals surface area (Å²) in [6.07, 6.45) is 1.48. The number of rotatable bonds is 7. The van der Waals surface area contributed by atoms with Gasteiger partial charge in [0.25, 0.3) is 5.91 Å². The second-order valence-electron chi connectivity index (χ2n) is 7.94. The van der Waals surface area contributed by atoms with Crippen molar-refractivity contribution in [3.8, 4) is 10.4 Å². The Hall–Kier alpha value is -3.43. The second-order valence-corrected chi connectivity index (χ2v) is 8.96. The van der Waals surface area contributed by atoms with Crippen LogP contribution in [0.4, 0.5) is 5.00 Å². The van der Waals surface area contributed by atoms with Gasteiger partial charge in [-0.25, -0.2) is 4.79 Å². The van der Waals surface area contributed by atoms with E-state index in [1.807, 2.05) is 42.2 Å². The van der Waals surface area contributed by atoms with Gasteiger partial charge in [-0.3, -0.25) is 14.5 Å². The molecule has 2 amide bonds. The SMILES string of the molecule is CCOC(=O)c1c(NC(=O)CN2CCN(C(=O)c3ccco3)CC2)sc(-c2ccccc2)c1C. The number of esters is 1. The monoisotopic (exact) mass is 481 g/mol. The summed E-state index contributed by atoms with van der Waals surface area (Å²) in [5.74, 6) is -0.480. The summed E-state index contributed by atoms with van der Waals surface area (Å²) in [6.45, 7) is 6.22. The lowest BCUT2D eigenvalue weighted by Gasteiger charge is -2.33. The van der Waals surface area contributed by atoms with E-state index in [1.54, 1.807) is 24.0 Å². The summed E-state index contributed by atoms with van der Waals surface area (Å²) in [4.78, 5) is 42.6. The number of ether oxygens (including phenoxy) is 1. The van der Waals surface area contributed by atoms with Crippen LogP contribution in [0.2, 0.25) is 0 Å². The molecule has 1 aliphatic heterocycles. The molecule has 0 spiro atoms. The minimum Gasteiger partial charge on any atom is -0.462 e. The molecule has 3 aromatic rings. The van der Waals surface area contributed by atoms with Crippen molar-refractivity contribution in [2.24, 2.45) is 0 Å². The molecule has 0 atom stereocenters. The lowest BCUT2D eigenvalue weighted by molar-refractivity contribution is -0.117. The molecule has 0 bridgehead atoms. The van der Waals surface area contributed by atoms with Crippen LogP contribution in [0.15, 0.2) is 53.1 Å². The number of thiophene rings is 1. The maximum atomic E-state index is 12.9. The Morgan fingerprint density at radius 2 is 1.79 bits per heavy atom. The Bertz CT molecular complexity index is 1150. The molecule has 0 unspecified atom stereocenters. The van der Waals surface area contributed by atoms with Gasteiger partial charge in [0.05, 0.1) is 25.0 Å². The van der Waals surface area contributed by atoms with Crippen LogP contribution in [0.5, 0.6) is 0 Å². The highest BCUT2D eigenvalue weighted by Crippen LogP contribution is 2.40. The molecule has 8 nitrogen and oxygen atoms in total. The van der Waals surface area contributed by atoms with Crippen molar-refractivity contribution in [2.75, 3.05) is 44.6 Å². The first kappa shape index (κ1) is 23.7. The standard InChI is InChI=1S/C25H27N3O5S/c1-3-32-25(31)21-17(2)22(18-8-5-4-6-9-18)34-23(21)26-20(29)16-27-11-13-28(14-12-27)24(30)19-10-7-15-33-19/h4-10,15H,3,11-14,16H2,1-2H3,(H,26,29). The largest absolute Gasteiger partial charge is 0.462 e. The molecule has 34 heavy (non-hydrogen) atoms. The van der Waals surface area contributed by atoms with E-state index >= 15 is 0 Å². The van der Waals surface area contributed by atoms with Crippen LogP contribution in [0.25, 0.3) is 10.4 Å². The van der Waals surface area contributed by atoms with Crippen LogP contribution >= 0.6 is 11.3 Å².